The lowest BCUT2D eigenvalue weighted by Crippen LogP contribution is -2.49. The number of rotatable bonds is 8. The molecule has 10 heteroatoms. The van der Waals surface area contributed by atoms with Gasteiger partial charge in [-0.15, -0.1) is 0 Å². The molecule has 0 aromatic heterocycles. The van der Waals surface area contributed by atoms with E-state index in [1.54, 1.807) is 0 Å². The van der Waals surface area contributed by atoms with E-state index in [0.29, 0.717) is 0 Å². The Morgan fingerprint density at radius 1 is 0.815 bits per heavy atom. The molecule has 0 amide bonds. The molecule has 0 saturated carbocycles. The van der Waals surface area contributed by atoms with Crippen LogP contribution in [0.4, 0.5) is 0 Å². The fourth-order valence-electron chi connectivity index (χ4n) is 1.88. The van der Waals surface area contributed by atoms with Crippen LogP contribution in [-0.2, 0) is 9.59 Å². The summed E-state index contributed by atoms with van der Waals surface area (Å²) in [6.45, 7) is 2.01. The normalized spacial score (nSPS) is 17.7. The zero-order valence-corrected chi connectivity index (χ0v) is 15.2. The lowest BCUT2D eigenvalue weighted by molar-refractivity contribution is -0.172. The average molecular weight is 389 g/mol. The number of aliphatic carboxylic acids is 2. The summed E-state index contributed by atoms with van der Waals surface area (Å²) in [5, 5.41) is 61.4. The molecule has 0 aliphatic heterocycles. The molecule has 0 aliphatic carbocycles. The monoisotopic (exact) mass is 389 g/mol. The maximum Gasteiger partial charge on any atom is 0.335 e. The summed E-state index contributed by atoms with van der Waals surface area (Å²) in [6.07, 6.45) is -9.69. The molecule has 10 nitrogen and oxygen atoms in total. The van der Waals surface area contributed by atoms with Gasteiger partial charge in [0.1, 0.15) is 12.2 Å². The van der Waals surface area contributed by atoms with Gasteiger partial charge in [-0.05, 0) is 26.6 Å². The van der Waals surface area contributed by atoms with Gasteiger partial charge < -0.3 is 40.6 Å². The molecule has 0 radical (unpaired) electrons. The van der Waals surface area contributed by atoms with E-state index in [1.807, 2.05) is 56.3 Å². The predicted molar refractivity (Wildman–Crippen MR) is 93.8 cm³/mol. The van der Waals surface area contributed by atoms with E-state index in [-0.39, 0.29) is 6.04 Å². The second-order valence-electron chi connectivity index (χ2n) is 6.11. The molecule has 0 heterocycles. The number of nitrogens with zero attached hydrogens (tertiary/aromatic N) is 1. The van der Waals surface area contributed by atoms with Crippen LogP contribution in [0.15, 0.2) is 30.3 Å². The third-order valence-electron chi connectivity index (χ3n) is 3.92. The number of aliphatic hydroxyl groups is 5. The van der Waals surface area contributed by atoms with Crippen LogP contribution in [0.5, 0.6) is 0 Å². The lowest BCUT2D eigenvalue weighted by atomic mass is 10.0. The fourth-order valence-corrected chi connectivity index (χ4v) is 1.88. The Kier molecular flexibility index (Phi) is 10.7. The van der Waals surface area contributed by atoms with Crippen LogP contribution in [0.3, 0.4) is 0 Å². The van der Waals surface area contributed by atoms with Gasteiger partial charge in [-0.1, -0.05) is 30.3 Å². The summed E-state index contributed by atoms with van der Waals surface area (Å²) in [7, 11) is 3.94. The topological polar surface area (TPSA) is 179 Å². The maximum atomic E-state index is 10.1. The van der Waals surface area contributed by atoms with Gasteiger partial charge in [-0.3, -0.25) is 0 Å². The van der Waals surface area contributed by atoms with Crippen molar-refractivity contribution in [2.45, 2.75) is 43.5 Å². The summed E-state index contributed by atoms with van der Waals surface area (Å²) in [4.78, 5) is 22.2. The van der Waals surface area contributed by atoms with Crippen LogP contribution < -0.4 is 0 Å². The molecule has 0 saturated heterocycles. The second kappa shape index (κ2) is 11.6. The molecule has 1 aromatic rings. The highest BCUT2D eigenvalue weighted by molar-refractivity contribution is 5.75. The Balaban J connectivity index is 0.000000501. The van der Waals surface area contributed by atoms with E-state index in [4.69, 9.17) is 30.6 Å². The smallest absolute Gasteiger partial charge is 0.335 e. The van der Waals surface area contributed by atoms with Gasteiger partial charge in [-0.2, -0.15) is 0 Å². The Morgan fingerprint density at radius 2 is 1.19 bits per heavy atom. The Bertz CT molecular complexity index is 557. The van der Waals surface area contributed by atoms with Crippen molar-refractivity contribution in [1.29, 1.82) is 0 Å². The van der Waals surface area contributed by atoms with E-state index in [1.165, 1.54) is 0 Å². The zero-order chi connectivity index (χ0) is 21.3. The van der Waals surface area contributed by atoms with Gasteiger partial charge in [0.2, 0.25) is 0 Å². The number of carboxylic acids is 2. The highest BCUT2D eigenvalue weighted by Gasteiger charge is 2.37. The van der Waals surface area contributed by atoms with Crippen LogP contribution in [-0.4, -0.2) is 97.1 Å². The maximum absolute atomic E-state index is 10.1. The van der Waals surface area contributed by atoms with Crippen LogP contribution in [0.25, 0.3) is 0 Å². The van der Waals surface area contributed by atoms with Crippen molar-refractivity contribution in [3.05, 3.63) is 35.9 Å². The molecule has 0 unspecified atom stereocenters. The molecule has 1 rings (SSSR count). The third-order valence-corrected chi connectivity index (χ3v) is 3.92. The SMILES string of the molecule is C[C@@H]([C@H](O)c1ccccc1)N(C)C.O=C(O)[C@@H](O)[C@@H](O)[C@H](O)[C@@H](O)C(=O)O. The van der Waals surface area contributed by atoms with Crippen LogP contribution in [0.1, 0.15) is 18.6 Å². The summed E-state index contributed by atoms with van der Waals surface area (Å²) < 4.78 is 0. The van der Waals surface area contributed by atoms with Gasteiger partial charge in [0.15, 0.2) is 12.2 Å². The quantitative estimate of drug-likeness (QED) is 0.270. The molecule has 7 N–H and O–H groups in total. The van der Waals surface area contributed by atoms with Gasteiger partial charge in [0.05, 0.1) is 6.10 Å². The highest BCUT2D eigenvalue weighted by Crippen LogP contribution is 2.18. The van der Waals surface area contributed by atoms with E-state index >= 15 is 0 Å². The molecule has 0 spiro atoms. The molecular weight excluding hydrogens is 362 g/mol. The van der Waals surface area contributed by atoms with Crippen molar-refractivity contribution in [1.82, 2.24) is 4.90 Å². The summed E-state index contributed by atoms with van der Waals surface area (Å²) in [5.74, 6) is -3.68. The first-order valence-electron chi connectivity index (χ1n) is 7.99. The fraction of sp³-hybridized carbons (Fsp3) is 0.529. The summed E-state index contributed by atoms with van der Waals surface area (Å²) in [5.41, 5.74) is 0.976. The molecule has 0 aliphatic rings. The minimum Gasteiger partial charge on any atom is -0.479 e. The van der Waals surface area contributed by atoms with Crippen molar-refractivity contribution in [2.75, 3.05) is 14.1 Å². The number of aliphatic hydroxyl groups excluding tert-OH is 5. The zero-order valence-electron chi connectivity index (χ0n) is 15.2. The van der Waals surface area contributed by atoms with Crippen LogP contribution in [0.2, 0.25) is 0 Å². The third kappa shape index (κ3) is 7.99. The minimum atomic E-state index is -2.36. The lowest BCUT2D eigenvalue weighted by Gasteiger charge is -2.25. The summed E-state index contributed by atoms with van der Waals surface area (Å²) >= 11 is 0. The first kappa shape index (κ1) is 24.9. The first-order valence-corrected chi connectivity index (χ1v) is 7.99. The molecule has 1 aromatic carbocycles. The van der Waals surface area contributed by atoms with E-state index in [0.717, 1.165) is 5.56 Å². The first-order chi connectivity index (χ1) is 12.4. The number of hydrogen-bond donors (Lipinski definition) is 7. The number of likely N-dealkylation sites (N-methyl/N-ethyl adjacent to an activating group) is 1. The average Bonchev–Trinajstić information content (AvgIpc) is 2.65. The van der Waals surface area contributed by atoms with Gasteiger partial charge in [0.25, 0.3) is 0 Å². The Morgan fingerprint density at radius 3 is 1.48 bits per heavy atom. The van der Waals surface area contributed by atoms with E-state index in [9.17, 15) is 14.7 Å². The van der Waals surface area contributed by atoms with Crippen molar-refractivity contribution >= 4 is 11.9 Å². The van der Waals surface area contributed by atoms with Gasteiger partial charge in [0, 0.05) is 6.04 Å². The summed E-state index contributed by atoms with van der Waals surface area (Å²) in [6, 6.07) is 9.88. The second-order valence-corrected chi connectivity index (χ2v) is 6.11. The van der Waals surface area contributed by atoms with Gasteiger partial charge in [-0.25, -0.2) is 9.59 Å². The van der Waals surface area contributed by atoms with Crippen LogP contribution >= 0.6 is 0 Å². The largest absolute Gasteiger partial charge is 0.479 e. The van der Waals surface area contributed by atoms with Crippen molar-refractivity contribution in [3.63, 3.8) is 0 Å². The molecule has 6 atom stereocenters. The molecule has 27 heavy (non-hydrogen) atoms. The van der Waals surface area contributed by atoms with Crippen molar-refractivity contribution in [3.8, 4) is 0 Å². The Hall–Kier alpha value is -2.08. The van der Waals surface area contributed by atoms with E-state index in [2.05, 4.69) is 0 Å². The molecular formula is C17H27NO9. The molecule has 0 fully saturated rings. The van der Waals surface area contributed by atoms with Crippen molar-refractivity contribution in [2.24, 2.45) is 0 Å². The number of hydrogen-bond acceptors (Lipinski definition) is 8. The highest BCUT2D eigenvalue weighted by atomic mass is 16.4. The Labute approximate surface area is 156 Å². The standard InChI is InChI=1S/C11H17NO.C6H10O8/c1-9(12(2)3)11(13)10-7-5-4-6-8-10;7-1(3(9)5(11)12)2(8)4(10)6(13)14/h4-9,11,13H,1-3H3;1-4,7-10H,(H,11,12)(H,13,14)/t9-,11-;1-,2-,3-,4+/m00/s1. The number of carboxylic acid groups (broad SMARTS) is 2. The van der Waals surface area contributed by atoms with Gasteiger partial charge >= 0.3 is 11.9 Å². The van der Waals surface area contributed by atoms with E-state index < -0.39 is 42.5 Å². The van der Waals surface area contributed by atoms with Crippen molar-refractivity contribution < 1.29 is 45.3 Å². The molecule has 0 bridgehead atoms. The minimum absolute atomic E-state index is 0.141. The van der Waals surface area contributed by atoms with Crippen LogP contribution in [0, 0.1) is 0 Å². The molecule has 154 valence electrons. The number of benzene rings is 1. The predicted octanol–water partition coefficient (Wildman–Crippen LogP) is -1.73. The number of carbonyl (C=O) groups is 2.